The van der Waals surface area contributed by atoms with Gasteiger partial charge in [0.15, 0.2) is 0 Å². The normalized spacial score (nSPS) is 14.0. The van der Waals surface area contributed by atoms with Gasteiger partial charge in [-0.1, -0.05) is 66.8 Å². The zero-order chi connectivity index (χ0) is 14.7. The molecule has 0 bridgehead atoms. The first kappa shape index (κ1) is 13.4. The van der Waals surface area contributed by atoms with Crippen LogP contribution in [0.25, 0.3) is 22.9 Å². The van der Waals surface area contributed by atoms with E-state index in [2.05, 4.69) is 73.4 Å². The first-order valence-electron chi connectivity index (χ1n) is 7.22. The Kier molecular flexibility index (Phi) is 3.74. The second kappa shape index (κ2) is 5.84. The van der Waals surface area contributed by atoms with Gasteiger partial charge in [-0.3, -0.25) is 0 Å². The van der Waals surface area contributed by atoms with Gasteiger partial charge in [-0.15, -0.1) is 0 Å². The molecule has 0 saturated heterocycles. The van der Waals surface area contributed by atoms with E-state index in [1.807, 2.05) is 12.1 Å². The fraction of sp³-hybridized carbons (Fsp3) is 0.100. The molecule has 0 radical (unpaired) electrons. The van der Waals surface area contributed by atoms with Crippen molar-refractivity contribution in [3.8, 4) is 11.1 Å². The molecule has 1 N–H and O–H groups in total. The highest BCUT2D eigenvalue weighted by atomic mass is 14.9. The van der Waals surface area contributed by atoms with E-state index in [-0.39, 0.29) is 0 Å². The lowest BCUT2D eigenvalue weighted by Crippen LogP contribution is -2.16. The van der Waals surface area contributed by atoms with Crippen molar-refractivity contribution < 1.29 is 0 Å². The lowest BCUT2D eigenvalue weighted by molar-refractivity contribution is 0.981. The van der Waals surface area contributed by atoms with E-state index in [4.69, 9.17) is 0 Å². The maximum Gasteiger partial charge on any atom is 0.0425 e. The summed E-state index contributed by atoms with van der Waals surface area (Å²) < 4.78 is 0. The quantitative estimate of drug-likeness (QED) is 0.839. The van der Waals surface area contributed by atoms with E-state index in [0.717, 1.165) is 12.1 Å². The average molecular weight is 273 g/mol. The van der Waals surface area contributed by atoms with E-state index >= 15 is 0 Å². The molecule has 0 atom stereocenters. The SMILES string of the molecule is C=Cc1ccc(-c2ccccc2)cc1C1=CC(C)=CCN1. The zero-order valence-electron chi connectivity index (χ0n) is 12.3. The first-order chi connectivity index (χ1) is 10.3. The highest BCUT2D eigenvalue weighted by Gasteiger charge is 2.10. The van der Waals surface area contributed by atoms with Crippen LogP contribution in [0.2, 0.25) is 0 Å². The maximum absolute atomic E-state index is 3.94. The maximum atomic E-state index is 3.94. The van der Waals surface area contributed by atoms with Crippen LogP contribution >= 0.6 is 0 Å². The number of hydrogen-bond acceptors (Lipinski definition) is 1. The standard InChI is InChI=1S/C20H19N/c1-3-16-9-10-18(17-7-5-4-6-8-17)14-19(16)20-13-15(2)11-12-21-20/h3-11,13-14,21H,1,12H2,2H3. The fourth-order valence-electron chi connectivity index (χ4n) is 2.61. The van der Waals surface area contributed by atoms with Crippen molar-refractivity contribution in [2.24, 2.45) is 0 Å². The van der Waals surface area contributed by atoms with Gasteiger partial charge in [0.25, 0.3) is 0 Å². The van der Waals surface area contributed by atoms with Crippen LogP contribution in [0.15, 0.2) is 72.8 Å². The number of dihydropyridines is 1. The molecule has 104 valence electrons. The molecule has 0 aliphatic carbocycles. The number of benzene rings is 2. The molecule has 0 amide bonds. The van der Waals surface area contributed by atoms with Gasteiger partial charge in [0.1, 0.15) is 0 Å². The Hall–Kier alpha value is -2.54. The summed E-state index contributed by atoms with van der Waals surface area (Å²) in [7, 11) is 0. The molecule has 2 aromatic rings. The molecular formula is C20H19N. The molecular weight excluding hydrogens is 254 g/mol. The van der Waals surface area contributed by atoms with Gasteiger partial charge >= 0.3 is 0 Å². The average Bonchev–Trinajstić information content (AvgIpc) is 2.55. The molecule has 0 fully saturated rings. The van der Waals surface area contributed by atoms with Crippen LogP contribution in [0.1, 0.15) is 18.1 Å². The van der Waals surface area contributed by atoms with Crippen molar-refractivity contribution >= 4 is 11.8 Å². The molecule has 1 heteroatoms. The van der Waals surface area contributed by atoms with Crippen molar-refractivity contribution in [3.05, 3.63) is 84.0 Å². The molecule has 1 aliphatic rings. The van der Waals surface area contributed by atoms with Gasteiger partial charge in [-0.2, -0.15) is 0 Å². The van der Waals surface area contributed by atoms with Crippen LogP contribution in [0.3, 0.4) is 0 Å². The topological polar surface area (TPSA) is 12.0 Å². The van der Waals surface area contributed by atoms with Gasteiger partial charge in [0.05, 0.1) is 0 Å². The van der Waals surface area contributed by atoms with Crippen molar-refractivity contribution in [1.82, 2.24) is 5.32 Å². The minimum atomic E-state index is 0.879. The highest BCUT2D eigenvalue weighted by molar-refractivity contribution is 5.79. The minimum absolute atomic E-state index is 0.879. The Labute approximate surface area is 126 Å². The van der Waals surface area contributed by atoms with E-state index in [9.17, 15) is 0 Å². The van der Waals surface area contributed by atoms with Crippen molar-refractivity contribution in [2.45, 2.75) is 6.92 Å². The van der Waals surface area contributed by atoms with Crippen molar-refractivity contribution in [1.29, 1.82) is 0 Å². The zero-order valence-corrected chi connectivity index (χ0v) is 12.3. The lowest BCUT2D eigenvalue weighted by Gasteiger charge is -2.18. The van der Waals surface area contributed by atoms with Crippen LogP contribution in [-0.4, -0.2) is 6.54 Å². The first-order valence-corrected chi connectivity index (χ1v) is 7.22. The molecule has 1 aliphatic heterocycles. The summed E-state index contributed by atoms with van der Waals surface area (Å²) in [5.74, 6) is 0. The summed E-state index contributed by atoms with van der Waals surface area (Å²) >= 11 is 0. The van der Waals surface area contributed by atoms with E-state index in [0.29, 0.717) is 0 Å². The van der Waals surface area contributed by atoms with E-state index in [1.54, 1.807) is 0 Å². The monoisotopic (exact) mass is 273 g/mol. The molecule has 3 rings (SSSR count). The number of allylic oxidation sites excluding steroid dienone is 2. The van der Waals surface area contributed by atoms with Crippen LogP contribution in [0, 0.1) is 0 Å². The third-order valence-corrected chi connectivity index (χ3v) is 3.76. The minimum Gasteiger partial charge on any atom is -0.381 e. The molecule has 2 aromatic carbocycles. The third-order valence-electron chi connectivity index (χ3n) is 3.76. The third kappa shape index (κ3) is 2.82. The van der Waals surface area contributed by atoms with Crippen LogP contribution in [-0.2, 0) is 0 Å². The summed E-state index contributed by atoms with van der Waals surface area (Å²) in [6.45, 7) is 6.95. The van der Waals surface area contributed by atoms with Crippen molar-refractivity contribution in [3.63, 3.8) is 0 Å². The van der Waals surface area contributed by atoms with Gasteiger partial charge in [-0.25, -0.2) is 0 Å². The fourth-order valence-corrected chi connectivity index (χ4v) is 2.61. The number of nitrogens with one attached hydrogen (secondary N) is 1. The Bertz CT molecular complexity index is 721. The Balaban J connectivity index is 2.10. The predicted octanol–water partition coefficient (Wildman–Crippen LogP) is 4.89. The second-order valence-corrected chi connectivity index (χ2v) is 5.26. The summed E-state index contributed by atoms with van der Waals surface area (Å²) in [6, 6.07) is 17.0. The number of rotatable bonds is 3. The van der Waals surface area contributed by atoms with Crippen LogP contribution in [0.4, 0.5) is 0 Å². The highest BCUT2D eigenvalue weighted by Crippen LogP contribution is 2.28. The summed E-state index contributed by atoms with van der Waals surface area (Å²) in [5, 5.41) is 3.46. The Morgan fingerprint density at radius 1 is 1.05 bits per heavy atom. The van der Waals surface area contributed by atoms with Gasteiger partial charge in [0, 0.05) is 17.8 Å². The smallest absolute Gasteiger partial charge is 0.0425 e. The van der Waals surface area contributed by atoms with Crippen LogP contribution < -0.4 is 5.32 Å². The lowest BCUT2D eigenvalue weighted by atomic mass is 9.95. The Morgan fingerprint density at radius 3 is 2.57 bits per heavy atom. The summed E-state index contributed by atoms with van der Waals surface area (Å²) in [5.41, 5.74) is 7.29. The molecule has 0 saturated carbocycles. The summed E-state index contributed by atoms with van der Waals surface area (Å²) in [6.07, 6.45) is 6.30. The van der Waals surface area contributed by atoms with E-state index in [1.165, 1.54) is 28.0 Å². The molecule has 1 nitrogen and oxygen atoms in total. The Morgan fingerprint density at radius 2 is 1.86 bits per heavy atom. The van der Waals surface area contributed by atoms with Gasteiger partial charge in [0.2, 0.25) is 0 Å². The molecule has 0 spiro atoms. The number of hydrogen-bond donors (Lipinski definition) is 1. The van der Waals surface area contributed by atoms with Crippen LogP contribution in [0.5, 0.6) is 0 Å². The van der Waals surface area contributed by atoms with E-state index < -0.39 is 0 Å². The second-order valence-electron chi connectivity index (χ2n) is 5.26. The molecule has 0 aromatic heterocycles. The molecule has 21 heavy (non-hydrogen) atoms. The van der Waals surface area contributed by atoms with Gasteiger partial charge < -0.3 is 5.32 Å². The van der Waals surface area contributed by atoms with Crippen molar-refractivity contribution in [2.75, 3.05) is 6.54 Å². The van der Waals surface area contributed by atoms with Gasteiger partial charge in [-0.05, 0) is 35.8 Å². The molecule has 0 unspecified atom stereocenters. The summed E-state index contributed by atoms with van der Waals surface area (Å²) in [4.78, 5) is 0. The predicted molar refractivity (Wildman–Crippen MR) is 91.7 cm³/mol. The largest absolute Gasteiger partial charge is 0.381 e. The molecule has 1 heterocycles.